The molecule has 6 nitrogen and oxygen atoms in total. The average molecular weight is 369 g/mol. The molecular formula is C17H9F2N5OS. The molecular weight excluding hydrogens is 360 g/mol. The van der Waals surface area contributed by atoms with E-state index in [4.69, 9.17) is 4.74 Å². The molecule has 0 unspecified atom stereocenters. The molecule has 0 saturated carbocycles. The highest BCUT2D eigenvalue weighted by atomic mass is 32.1. The number of hydrogen-bond acceptors (Lipinski definition) is 7. The van der Waals surface area contributed by atoms with Crippen molar-refractivity contribution in [2.75, 3.05) is 0 Å². The molecule has 0 N–H and O–H groups in total. The monoisotopic (exact) mass is 369 g/mol. The van der Waals surface area contributed by atoms with Crippen LogP contribution in [-0.2, 0) is 0 Å². The molecule has 0 aliphatic carbocycles. The van der Waals surface area contributed by atoms with Crippen LogP contribution in [0.3, 0.4) is 0 Å². The minimum absolute atomic E-state index is 0.114. The Morgan fingerprint density at radius 1 is 0.923 bits per heavy atom. The van der Waals surface area contributed by atoms with E-state index in [1.165, 1.54) is 42.7 Å². The Kier molecular flexibility index (Phi) is 4.28. The standard InChI is InChI=1S/C17H9F2N5OS/c18-11-4-6-13(7-5-11)25-16-14(17-20-9-21-26-17)23-24-15(22-16)10-2-1-3-12(19)8-10/h1-9H. The maximum atomic E-state index is 13.5. The Morgan fingerprint density at radius 3 is 2.50 bits per heavy atom. The van der Waals surface area contributed by atoms with Gasteiger partial charge in [0, 0.05) is 5.56 Å². The number of halogens is 2. The molecule has 2 heterocycles. The summed E-state index contributed by atoms with van der Waals surface area (Å²) in [4.78, 5) is 8.42. The molecule has 0 spiro atoms. The van der Waals surface area contributed by atoms with Crippen molar-refractivity contribution >= 4 is 11.5 Å². The van der Waals surface area contributed by atoms with Gasteiger partial charge in [-0.2, -0.15) is 9.36 Å². The molecule has 0 bridgehead atoms. The van der Waals surface area contributed by atoms with Crippen LogP contribution in [0, 0.1) is 11.6 Å². The van der Waals surface area contributed by atoms with E-state index in [1.54, 1.807) is 12.1 Å². The summed E-state index contributed by atoms with van der Waals surface area (Å²) >= 11 is 1.10. The zero-order chi connectivity index (χ0) is 17.9. The predicted octanol–water partition coefficient (Wildman–Crippen LogP) is 4.13. The number of rotatable bonds is 4. The van der Waals surface area contributed by atoms with Crippen molar-refractivity contribution in [1.82, 2.24) is 24.5 Å². The summed E-state index contributed by atoms with van der Waals surface area (Å²) in [6, 6.07) is 11.3. The summed E-state index contributed by atoms with van der Waals surface area (Å²) in [7, 11) is 0. The summed E-state index contributed by atoms with van der Waals surface area (Å²) in [5.74, 6) is -0.136. The van der Waals surface area contributed by atoms with Crippen molar-refractivity contribution in [3.8, 4) is 33.7 Å². The average Bonchev–Trinajstić information content (AvgIpc) is 3.18. The lowest BCUT2D eigenvalue weighted by Crippen LogP contribution is -2.00. The third kappa shape index (κ3) is 3.38. The molecule has 0 fully saturated rings. The van der Waals surface area contributed by atoms with Gasteiger partial charge in [0.05, 0.1) is 0 Å². The van der Waals surface area contributed by atoms with E-state index in [9.17, 15) is 8.78 Å². The molecule has 2 aromatic heterocycles. The van der Waals surface area contributed by atoms with Gasteiger partial charge in [-0.05, 0) is 47.9 Å². The highest BCUT2D eigenvalue weighted by molar-refractivity contribution is 7.09. The Bertz CT molecular complexity index is 1040. The minimum atomic E-state index is -0.416. The van der Waals surface area contributed by atoms with E-state index in [0.29, 0.717) is 16.3 Å². The number of hydrogen-bond donors (Lipinski definition) is 0. The first-order valence-corrected chi connectivity index (χ1v) is 8.17. The lowest BCUT2D eigenvalue weighted by molar-refractivity contribution is 0.459. The molecule has 0 aliphatic rings. The smallest absolute Gasteiger partial charge is 0.252 e. The second-order valence-corrected chi connectivity index (χ2v) is 5.88. The lowest BCUT2D eigenvalue weighted by Gasteiger charge is -2.09. The van der Waals surface area contributed by atoms with Gasteiger partial charge >= 0.3 is 0 Å². The van der Waals surface area contributed by atoms with Crippen LogP contribution >= 0.6 is 11.5 Å². The first-order chi connectivity index (χ1) is 12.7. The van der Waals surface area contributed by atoms with Gasteiger partial charge in [0.15, 0.2) is 16.5 Å². The van der Waals surface area contributed by atoms with Gasteiger partial charge in [0.2, 0.25) is 0 Å². The van der Waals surface area contributed by atoms with Gasteiger partial charge in [0.1, 0.15) is 23.7 Å². The van der Waals surface area contributed by atoms with Crippen molar-refractivity contribution in [1.29, 1.82) is 0 Å². The highest BCUT2D eigenvalue weighted by Crippen LogP contribution is 2.31. The topological polar surface area (TPSA) is 73.7 Å². The molecule has 4 rings (SSSR count). The van der Waals surface area contributed by atoms with Gasteiger partial charge in [-0.15, -0.1) is 10.2 Å². The van der Waals surface area contributed by atoms with Crippen molar-refractivity contribution < 1.29 is 13.5 Å². The van der Waals surface area contributed by atoms with Crippen LogP contribution in [0.5, 0.6) is 11.6 Å². The van der Waals surface area contributed by atoms with Gasteiger partial charge in [-0.1, -0.05) is 12.1 Å². The van der Waals surface area contributed by atoms with Crippen LogP contribution < -0.4 is 4.74 Å². The zero-order valence-corrected chi connectivity index (χ0v) is 13.8. The van der Waals surface area contributed by atoms with Crippen LogP contribution in [0.1, 0.15) is 0 Å². The summed E-state index contributed by atoms with van der Waals surface area (Å²) in [5.41, 5.74) is 0.738. The first kappa shape index (κ1) is 16.2. The van der Waals surface area contributed by atoms with Gasteiger partial charge < -0.3 is 4.74 Å². The van der Waals surface area contributed by atoms with E-state index in [-0.39, 0.29) is 23.2 Å². The maximum Gasteiger partial charge on any atom is 0.252 e. The summed E-state index contributed by atoms with van der Waals surface area (Å²) in [5, 5.41) is 8.61. The molecule has 26 heavy (non-hydrogen) atoms. The van der Waals surface area contributed by atoms with E-state index in [0.717, 1.165) is 11.5 Å². The molecule has 4 aromatic rings. The number of aromatic nitrogens is 5. The van der Waals surface area contributed by atoms with Crippen molar-refractivity contribution in [3.63, 3.8) is 0 Å². The fraction of sp³-hybridized carbons (Fsp3) is 0. The van der Waals surface area contributed by atoms with Crippen LogP contribution in [-0.4, -0.2) is 24.5 Å². The van der Waals surface area contributed by atoms with Gasteiger partial charge in [-0.3, -0.25) is 0 Å². The molecule has 0 amide bonds. The second kappa shape index (κ2) is 6.89. The molecule has 128 valence electrons. The van der Waals surface area contributed by atoms with Crippen molar-refractivity contribution in [2.24, 2.45) is 0 Å². The summed E-state index contributed by atoms with van der Waals surface area (Å²) in [6.45, 7) is 0. The Morgan fingerprint density at radius 2 is 1.77 bits per heavy atom. The summed E-state index contributed by atoms with van der Waals surface area (Å²) < 4.78 is 36.3. The van der Waals surface area contributed by atoms with Gasteiger partial charge in [-0.25, -0.2) is 13.8 Å². The molecule has 0 radical (unpaired) electrons. The largest absolute Gasteiger partial charge is 0.437 e. The highest BCUT2D eigenvalue weighted by Gasteiger charge is 2.17. The number of ether oxygens (including phenoxy) is 1. The Balaban J connectivity index is 1.79. The predicted molar refractivity (Wildman–Crippen MR) is 90.6 cm³/mol. The summed E-state index contributed by atoms with van der Waals surface area (Å²) in [6.07, 6.45) is 1.38. The van der Waals surface area contributed by atoms with Crippen LogP contribution in [0.25, 0.3) is 22.1 Å². The van der Waals surface area contributed by atoms with Gasteiger partial charge in [0.25, 0.3) is 5.88 Å². The van der Waals surface area contributed by atoms with Crippen molar-refractivity contribution in [2.45, 2.75) is 0 Å². The SMILES string of the molecule is Fc1ccc(Oc2nc(-c3cccc(F)c3)nnc2-c2ncns2)cc1. The molecule has 9 heteroatoms. The Hall–Kier alpha value is -3.33. The van der Waals surface area contributed by atoms with E-state index >= 15 is 0 Å². The zero-order valence-electron chi connectivity index (χ0n) is 13.0. The lowest BCUT2D eigenvalue weighted by atomic mass is 10.2. The van der Waals surface area contributed by atoms with E-state index in [2.05, 4.69) is 24.5 Å². The van der Waals surface area contributed by atoms with E-state index < -0.39 is 5.82 Å². The quantitative estimate of drug-likeness (QED) is 0.539. The minimum Gasteiger partial charge on any atom is -0.437 e. The van der Waals surface area contributed by atoms with E-state index in [1.807, 2.05) is 0 Å². The fourth-order valence-corrected chi connectivity index (χ4v) is 2.66. The normalized spacial score (nSPS) is 10.7. The molecule has 2 aromatic carbocycles. The molecule has 0 saturated heterocycles. The third-order valence-corrected chi connectivity index (χ3v) is 4.00. The molecule has 0 atom stereocenters. The first-order valence-electron chi connectivity index (χ1n) is 7.40. The van der Waals surface area contributed by atoms with Crippen LogP contribution in [0.2, 0.25) is 0 Å². The van der Waals surface area contributed by atoms with Crippen molar-refractivity contribution in [3.05, 3.63) is 66.5 Å². The third-order valence-electron chi connectivity index (χ3n) is 3.33. The van der Waals surface area contributed by atoms with Crippen LogP contribution in [0.15, 0.2) is 54.9 Å². The maximum absolute atomic E-state index is 13.5. The second-order valence-electron chi connectivity index (χ2n) is 5.10. The number of nitrogens with zero attached hydrogens (tertiary/aromatic N) is 5. The Labute approximate surface area is 150 Å². The van der Waals surface area contributed by atoms with Crippen LogP contribution in [0.4, 0.5) is 8.78 Å². The fourth-order valence-electron chi connectivity index (χ4n) is 2.16. The number of benzene rings is 2. The molecule has 0 aliphatic heterocycles.